The first kappa shape index (κ1) is 13.5. The van der Waals surface area contributed by atoms with Gasteiger partial charge in [-0.05, 0) is 18.2 Å². The Morgan fingerprint density at radius 3 is 2.79 bits per heavy atom. The minimum Gasteiger partial charge on any atom is -0.478 e. The van der Waals surface area contributed by atoms with E-state index in [1.807, 2.05) is 0 Å². The Labute approximate surface area is 109 Å². The van der Waals surface area contributed by atoms with Crippen LogP contribution in [0.15, 0.2) is 18.2 Å². The van der Waals surface area contributed by atoms with Gasteiger partial charge in [-0.1, -0.05) is 12.1 Å². The van der Waals surface area contributed by atoms with Gasteiger partial charge in [0.05, 0.1) is 23.4 Å². The molecule has 0 spiro atoms. The maximum absolute atomic E-state index is 11.4. The van der Waals surface area contributed by atoms with Crippen molar-refractivity contribution in [3.05, 3.63) is 23.8 Å². The van der Waals surface area contributed by atoms with Crippen molar-refractivity contribution in [1.82, 2.24) is 15.0 Å². The quantitative estimate of drug-likeness (QED) is 0.860. The molecule has 1 aromatic heterocycles. The van der Waals surface area contributed by atoms with Crippen LogP contribution in [-0.2, 0) is 16.4 Å². The van der Waals surface area contributed by atoms with Gasteiger partial charge in [0.2, 0.25) is 0 Å². The molecular weight excluding hydrogens is 270 g/mol. The van der Waals surface area contributed by atoms with Crippen molar-refractivity contribution in [1.29, 1.82) is 0 Å². The van der Waals surface area contributed by atoms with E-state index >= 15 is 0 Å². The molecule has 0 aliphatic rings. The normalized spacial score (nSPS) is 11.8. The number of fused-ring (bicyclic) bond motifs is 1. The number of sulfone groups is 1. The van der Waals surface area contributed by atoms with Crippen LogP contribution < -0.4 is 0 Å². The first-order chi connectivity index (χ1) is 8.93. The molecule has 0 fully saturated rings. The number of nitrogens with zero attached hydrogens (tertiary/aromatic N) is 3. The number of hydrogen-bond acceptors (Lipinski definition) is 5. The molecule has 0 saturated heterocycles. The van der Waals surface area contributed by atoms with Crippen molar-refractivity contribution in [3.8, 4) is 0 Å². The zero-order chi connectivity index (χ0) is 14.0. The van der Waals surface area contributed by atoms with Crippen molar-refractivity contribution in [2.45, 2.75) is 13.5 Å². The summed E-state index contributed by atoms with van der Waals surface area (Å²) in [6.45, 7) is 1.80. The molecule has 0 saturated carbocycles. The number of carbonyl (C=O) groups is 1. The van der Waals surface area contributed by atoms with Gasteiger partial charge in [-0.2, -0.15) is 0 Å². The second-order valence-electron chi connectivity index (χ2n) is 4.06. The van der Waals surface area contributed by atoms with Crippen LogP contribution in [-0.4, -0.2) is 46.0 Å². The Morgan fingerprint density at radius 2 is 2.16 bits per heavy atom. The van der Waals surface area contributed by atoms with Crippen LogP contribution in [0.2, 0.25) is 0 Å². The smallest absolute Gasteiger partial charge is 0.335 e. The van der Waals surface area contributed by atoms with E-state index in [1.54, 1.807) is 13.0 Å². The summed E-state index contributed by atoms with van der Waals surface area (Å²) < 4.78 is 24.3. The first-order valence-electron chi connectivity index (χ1n) is 5.70. The molecule has 0 bridgehead atoms. The van der Waals surface area contributed by atoms with Crippen molar-refractivity contribution in [2.75, 3.05) is 11.5 Å². The standard InChI is InChI=1S/C11H13N3O4S/c1-2-19(17,18)6-5-14-10-4-3-8(11(15)16)7-9(10)12-13-14/h3-4,7H,2,5-6H2,1H3,(H,15,16). The van der Waals surface area contributed by atoms with Crippen molar-refractivity contribution in [2.24, 2.45) is 0 Å². The minimum absolute atomic E-state index is 0.0113. The highest BCUT2D eigenvalue weighted by Gasteiger charge is 2.12. The van der Waals surface area contributed by atoms with Crippen LogP contribution in [0.4, 0.5) is 0 Å². The average Bonchev–Trinajstić information content (AvgIpc) is 2.78. The number of carboxylic acids is 1. The number of aryl methyl sites for hydroxylation is 1. The molecule has 1 aromatic carbocycles. The monoisotopic (exact) mass is 283 g/mol. The largest absolute Gasteiger partial charge is 0.478 e. The van der Waals surface area contributed by atoms with E-state index in [-0.39, 0.29) is 23.6 Å². The molecule has 0 amide bonds. The summed E-state index contributed by atoms with van der Waals surface area (Å²) in [6, 6.07) is 4.44. The molecule has 1 heterocycles. The Hall–Kier alpha value is -1.96. The molecule has 8 heteroatoms. The van der Waals surface area contributed by atoms with Crippen LogP contribution in [0.1, 0.15) is 17.3 Å². The van der Waals surface area contributed by atoms with Crippen molar-refractivity contribution >= 4 is 26.8 Å². The van der Waals surface area contributed by atoms with E-state index in [1.165, 1.54) is 16.8 Å². The average molecular weight is 283 g/mol. The summed E-state index contributed by atoms with van der Waals surface area (Å²) in [5.41, 5.74) is 1.19. The Balaban J connectivity index is 2.29. The molecule has 2 rings (SSSR count). The van der Waals surface area contributed by atoms with Gasteiger partial charge in [0.25, 0.3) is 0 Å². The third kappa shape index (κ3) is 2.90. The molecule has 1 N–H and O–H groups in total. The number of hydrogen-bond donors (Lipinski definition) is 1. The molecule has 19 heavy (non-hydrogen) atoms. The maximum Gasteiger partial charge on any atom is 0.335 e. The molecule has 0 aliphatic heterocycles. The second-order valence-corrected chi connectivity index (χ2v) is 6.53. The van der Waals surface area contributed by atoms with Gasteiger partial charge in [0.15, 0.2) is 9.84 Å². The summed E-state index contributed by atoms with van der Waals surface area (Å²) in [4.78, 5) is 10.8. The number of aromatic carboxylic acids is 1. The molecule has 102 valence electrons. The van der Waals surface area contributed by atoms with Gasteiger partial charge in [0.1, 0.15) is 5.52 Å². The third-order valence-corrected chi connectivity index (χ3v) is 4.50. The van der Waals surface area contributed by atoms with Crippen LogP contribution in [0, 0.1) is 0 Å². The van der Waals surface area contributed by atoms with Crippen molar-refractivity contribution in [3.63, 3.8) is 0 Å². The van der Waals surface area contributed by atoms with Crippen molar-refractivity contribution < 1.29 is 18.3 Å². The minimum atomic E-state index is -3.07. The highest BCUT2D eigenvalue weighted by molar-refractivity contribution is 7.91. The summed E-state index contributed by atoms with van der Waals surface area (Å²) >= 11 is 0. The highest BCUT2D eigenvalue weighted by Crippen LogP contribution is 2.13. The lowest BCUT2D eigenvalue weighted by Crippen LogP contribution is -2.15. The Morgan fingerprint density at radius 1 is 1.42 bits per heavy atom. The lowest BCUT2D eigenvalue weighted by Gasteiger charge is -2.02. The summed E-state index contributed by atoms with van der Waals surface area (Å²) in [6.07, 6.45) is 0. The van der Waals surface area contributed by atoms with Gasteiger partial charge in [0, 0.05) is 5.75 Å². The maximum atomic E-state index is 11.4. The van der Waals surface area contributed by atoms with E-state index in [9.17, 15) is 13.2 Å². The lowest BCUT2D eigenvalue weighted by molar-refractivity contribution is 0.0697. The van der Waals surface area contributed by atoms with Crippen LogP contribution in [0.25, 0.3) is 11.0 Å². The molecule has 0 atom stereocenters. The van der Waals surface area contributed by atoms with Crippen LogP contribution >= 0.6 is 0 Å². The molecule has 2 aromatic rings. The number of aromatic nitrogens is 3. The van der Waals surface area contributed by atoms with Gasteiger partial charge < -0.3 is 5.11 Å². The predicted octanol–water partition coefficient (Wildman–Crippen LogP) is 0.564. The fourth-order valence-corrected chi connectivity index (χ4v) is 2.38. The van der Waals surface area contributed by atoms with Crippen LogP contribution in [0.3, 0.4) is 0 Å². The van der Waals surface area contributed by atoms with E-state index in [0.717, 1.165) is 0 Å². The zero-order valence-corrected chi connectivity index (χ0v) is 11.1. The molecule has 0 aliphatic carbocycles. The van der Waals surface area contributed by atoms with E-state index in [4.69, 9.17) is 5.11 Å². The summed E-state index contributed by atoms with van der Waals surface area (Å²) in [5, 5.41) is 16.5. The number of rotatable bonds is 5. The topological polar surface area (TPSA) is 102 Å². The fourth-order valence-electron chi connectivity index (χ4n) is 1.64. The van der Waals surface area contributed by atoms with E-state index in [0.29, 0.717) is 11.0 Å². The van der Waals surface area contributed by atoms with Gasteiger partial charge in [-0.25, -0.2) is 17.9 Å². The zero-order valence-electron chi connectivity index (χ0n) is 10.3. The van der Waals surface area contributed by atoms with E-state index < -0.39 is 15.8 Å². The molecular formula is C11H13N3O4S. The predicted molar refractivity (Wildman–Crippen MR) is 68.8 cm³/mol. The lowest BCUT2D eigenvalue weighted by atomic mass is 10.2. The third-order valence-electron chi connectivity index (χ3n) is 2.81. The second kappa shape index (κ2) is 4.96. The van der Waals surface area contributed by atoms with Gasteiger partial charge in [-0.15, -0.1) is 5.10 Å². The number of benzene rings is 1. The number of carboxylic acid groups (broad SMARTS) is 1. The van der Waals surface area contributed by atoms with Crippen LogP contribution in [0.5, 0.6) is 0 Å². The molecule has 0 unspecified atom stereocenters. The highest BCUT2D eigenvalue weighted by atomic mass is 32.2. The summed E-state index contributed by atoms with van der Waals surface area (Å²) in [5.74, 6) is -0.962. The SMILES string of the molecule is CCS(=O)(=O)CCn1nnc2cc(C(=O)O)ccc21. The molecule has 0 radical (unpaired) electrons. The first-order valence-corrected chi connectivity index (χ1v) is 7.52. The fraction of sp³-hybridized carbons (Fsp3) is 0.364. The van der Waals surface area contributed by atoms with Gasteiger partial charge >= 0.3 is 5.97 Å². The molecule has 7 nitrogen and oxygen atoms in total. The summed E-state index contributed by atoms with van der Waals surface area (Å²) in [7, 11) is -3.07. The Bertz CT molecular complexity index is 721. The van der Waals surface area contributed by atoms with E-state index in [2.05, 4.69) is 10.3 Å². The Kier molecular flexibility index (Phi) is 3.52. The van der Waals surface area contributed by atoms with Gasteiger partial charge in [-0.3, -0.25) is 0 Å².